The Balaban J connectivity index is 2.50. The Morgan fingerprint density at radius 2 is 1.90 bits per heavy atom. The van der Waals surface area contributed by atoms with Crippen LogP contribution in [0.2, 0.25) is 0 Å². The van der Waals surface area contributed by atoms with Crippen LogP contribution in [0.1, 0.15) is 36.7 Å². The van der Waals surface area contributed by atoms with Crippen LogP contribution < -0.4 is 0 Å². The monoisotopic (exact) mass is 270 g/mol. The summed E-state index contributed by atoms with van der Waals surface area (Å²) in [5, 5.41) is 0. The van der Waals surface area contributed by atoms with Gasteiger partial charge in [-0.2, -0.15) is 0 Å². The molecule has 0 bridgehead atoms. The van der Waals surface area contributed by atoms with Gasteiger partial charge in [0.05, 0.1) is 0 Å². The van der Waals surface area contributed by atoms with Crippen molar-refractivity contribution in [3.05, 3.63) is 59.4 Å². The van der Waals surface area contributed by atoms with Crippen LogP contribution in [0.15, 0.2) is 42.5 Å². The summed E-state index contributed by atoms with van der Waals surface area (Å²) in [4.78, 5) is 11.7. The van der Waals surface area contributed by atoms with Crippen LogP contribution in [0.4, 0.5) is 4.39 Å². The number of hydrogen-bond donors (Lipinski definition) is 0. The van der Waals surface area contributed by atoms with Crippen LogP contribution in [0.3, 0.4) is 0 Å². The number of halogens is 1. The van der Waals surface area contributed by atoms with E-state index in [1.54, 1.807) is 6.07 Å². The maximum atomic E-state index is 13.5. The van der Waals surface area contributed by atoms with E-state index in [0.717, 1.165) is 12.0 Å². The van der Waals surface area contributed by atoms with Gasteiger partial charge in [0.15, 0.2) is 5.78 Å². The minimum absolute atomic E-state index is 0.0470. The van der Waals surface area contributed by atoms with E-state index in [1.807, 2.05) is 18.2 Å². The third-order valence-electron chi connectivity index (χ3n) is 3.24. The first-order valence-corrected chi connectivity index (χ1v) is 6.87. The molecule has 0 aliphatic carbocycles. The normalized spacial score (nSPS) is 10.8. The molecule has 0 amide bonds. The lowest BCUT2D eigenvalue weighted by atomic mass is 9.94. The van der Waals surface area contributed by atoms with Crippen LogP contribution in [0.25, 0.3) is 11.1 Å². The lowest BCUT2D eigenvalue weighted by Gasteiger charge is -2.10. The van der Waals surface area contributed by atoms with Gasteiger partial charge in [-0.25, -0.2) is 4.39 Å². The predicted molar refractivity (Wildman–Crippen MR) is 80.4 cm³/mol. The average Bonchev–Trinajstić information content (AvgIpc) is 2.37. The van der Waals surface area contributed by atoms with Gasteiger partial charge >= 0.3 is 0 Å². The van der Waals surface area contributed by atoms with Crippen molar-refractivity contribution in [3.8, 4) is 11.1 Å². The molecule has 2 heteroatoms. The summed E-state index contributed by atoms with van der Waals surface area (Å²) in [6.45, 7) is 5.83. The second kappa shape index (κ2) is 6.00. The summed E-state index contributed by atoms with van der Waals surface area (Å²) in [6.07, 6.45) is 0.971. The number of carbonyl (C=O) groups is 1. The molecule has 0 aliphatic heterocycles. The van der Waals surface area contributed by atoms with Crippen LogP contribution in [-0.2, 0) is 6.42 Å². The maximum absolute atomic E-state index is 13.5. The Kier molecular flexibility index (Phi) is 4.33. The van der Waals surface area contributed by atoms with Gasteiger partial charge < -0.3 is 0 Å². The molecule has 0 aliphatic rings. The molecule has 0 saturated heterocycles. The smallest absolute Gasteiger partial charge is 0.160 e. The first-order valence-electron chi connectivity index (χ1n) is 6.87. The summed E-state index contributed by atoms with van der Waals surface area (Å²) < 4.78 is 13.5. The van der Waals surface area contributed by atoms with Gasteiger partial charge in [-0.05, 0) is 54.2 Å². The number of benzene rings is 2. The van der Waals surface area contributed by atoms with Crippen LogP contribution >= 0.6 is 0 Å². The molecule has 20 heavy (non-hydrogen) atoms. The van der Waals surface area contributed by atoms with E-state index in [9.17, 15) is 9.18 Å². The van der Waals surface area contributed by atoms with Gasteiger partial charge in [0.25, 0.3) is 0 Å². The SMILES string of the molecule is CC(=O)c1ccc(F)cc1-c1cccc(CC(C)C)c1. The molecule has 0 unspecified atom stereocenters. The first kappa shape index (κ1) is 14.4. The van der Waals surface area contributed by atoms with Gasteiger partial charge in [-0.1, -0.05) is 38.1 Å². The molecule has 2 aromatic carbocycles. The quantitative estimate of drug-likeness (QED) is 0.723. The van der Waals surface area contributed by atoms with Crippen molar-refractivity contribution in [2.75, 3.05) is 0 Å². The molecule has 0 radical (unpaired) electrons. The third kappa shape index (κ3) is 3.32. The summed E-state index contributed by atoms with van der Waals surface area (Å²) in [7, 11) is 0. The maximum Gasteiger partial charge on any atom is 0.160 e. The van der Waals surface area contributed by atoms with Crippen molar-refractivity contribution >= 4 is 5.78 Å². The van der Waals surface area contributed by atoms with E-state index in [0.29, 0.717) is 17.0 Å². The Hall–Kier alpha value is -1.96. The van der Waals surface area contributed by atoms with Crippen molar-refractivity contribution in [1.82, 2.24) is 0 Å². The summed E-state index contributed by atoms with van der Waals surface area (Å²) >= 11 is 0. The van der Waals surface area contributed by atoms with Crippen molar-refractivity contribution in [2.24, 2.45) is 5.92 Å². The molecule has 0 heterocycles. The van der Waals surface area contributed by atoms with Crippen LogP contribution in [0, 0.1) is 11.7 Å². The van der Waals surface area contributed by atoms with E-state index in [1.165, 1.54) is 24.6 Å². The molecule has 0 fully saturated rings. The lowest BCUT2D eigenvalue weighted by molar-refractivity contribution is 0.101. The van der Waals surface area contributed by atoms with Gasteiger partial charge in [0, 0.05) is 5.56 Å². The summed E-state index contributed by atoms with van der Waals surface area (Å²) in [5.41, 5.74) is 3.33. The fourth-order valence-electron chi connectivity index (χ4n) is 2.40. The minimum Gasteiger partial charge on any atom is -0.294 e. The molecular formula is C18H19FO. The zero-order valence-electron chi connectivity index (χ0n) is 12.1. The van der Waals surface area contributed by atoms with Crippen molar-refractivity contribution < 1.29 is 9.18 Å². The van der Waals surface area contributed by atoms with Crippen molar-refractivity contribution in [3.63, 3.8) is 0 Å². The second-order valence-electron chi connectivity index (χ2n) is 5.54. The number of carbonyl (C=O) groups excluding carboxylic acids is 1. The van der Waals surface area contributed by atoms with Gasteiger partial charge in [-0.15, -0.1) is 0 Å². The minimum atomic E-state index is -0.320. The van der Waals surface area contributed by atoms with E-state index in [2.05, 4.69) is 19.9 Å². The lowest BCUT2D eigenvalue weighted by Crippen LogP contribution is -1.98. The Morgan fingerprint density at radius 3 is 2.55 bits per heavy atom. The number of rotatable bonds is 4. The molecular weight excluding hydrogens is 251 g/mol. The predicted octanol–water partition coefficient (Wildman–Crippen LogP) is 4.89. The van der Waals surface area contributed by atoms with E-state index < -0.39 is 0 Å². The summed E-state index contributed by atoms with van der Waals surface area (Å²) in [6, 6.07) is 12.3. The van der Waals surface area contributed by atoms with E-state index in [4.69, 9.17) is 0 Å². The molecule has 0 saturated carbocycles. The topological polar surface area (TPSA) is 17.1 Å². The molecule has 0 aromatic heterocycles. The van der Waals surface area contributed by atoms with Gasteiger partial charge in [0.2, 0.25) is 0 Å². The van der Waals surface area contributed by atoms with Crippen LogP contribution in [0.5, 0.6) is 0 Å². The average molecular weight is 270 g/mol. The highest BCUT2D eigenvalue weighted by Crippen LogP contribution is 2.26. The van der Waals surface area contributed by atoms with E-state index >= 15 is 0 Å². The zero-order chi connectivity index (χ0) is 14.7. The highest BCUT2D eigenvalue weighted by atomic mass is 19.1. The molecule has 104 valence electrons. The standard InChI is InChI=1S/C18H19FO/c1-12(2)9-14-5-4-6-15(10-14)18-11-16(19)7-8-17(18)13(3)20/h4-8,10-12H,9H2,1-3H3. The molecule has 1 nitrogen and oxygen atoms in total. The fraction of sp³-hybridized carbons (Fsp3) is 0.278. The van der Waals surface area contributed by atoms with Crippen molar-refractivity contribution in [1.29, 1.82) is 0 Å². The number of ketones is 1. The number of hydrogen-bond acceptors (Lipinski definition) is 1. The number of Topliss-reactive ketones (excluding diaryl/α,β-unsaturated/α-hetero) is 1. The Morgan fingerprint density at radius 1 is 1.15 bits per heavy atom. The van der Waals surface area contributed by atoms with Crippen molar-refractivity contribution in [2.45, 2.75) is 27.2 Å². The van der Waals surface area contributed by atoms with E-state index in [-0.39, 0.29) is 11.6 Å². The fourth-order valence-corrected chi connectivity index (χ4v) is 2.40. The molecule has 0 atom stereocenters. The van der Waals surface area contributed by atoms with Crippen LogP contribution in [-0.4, -0.2) is 5.78 Å². The highest BCUT2D eigenvalue weighted by molar-refractivity contribution is 6.00. The largest absolute Gasteiger partial charge is 0.294 e. The molecule has 2 rings (SSSR count). The summed E-state index contributed by atoms with van der Waals surface area (Å²) in [5.74, 6) is 0.193. The second-order valence-corrected chi connectivity index (χ2v) is 5.54. The first-order chi connectivity index (χ1) is 9.47. The Labute approximate surface area is 119 Å². The zero-order valence-corrected chi connectivity index (χ0v) is 12.1. The Bertz CT molecular complexity index is 629. The van der Waals surface area contributed by atoms with Gasteiger partial charge in [-0.3, -0.25) is 4.79 Å². The highest BCUT2D eigenvalue weighted by Gasteiger charge is 2.11. The van der Waals surface area contributed by atoms with Gasteiger partial charge in [0.1, 0.15) is 5.82 Å². The third-order valence-corrected chi connectivity index (χ3v) is 3.24. The molecule has 2 aromatic rings. The molecule has 0 N–H and O–H groups in total. The molecule has 0 spiro atoms.